The van der Waals surface area contributed by atoms with Crippen LogP contribution in [0, 0.1) is 12.8 Å². The molecule has 0 aromatic heterocycles. The Balaban J connectivity index is 2.36. The number of carbonyl (C=O) groups excluding carboxylic acids is 1. The standard InChI is InChI=1S/C22H27ClO3S/c1-15-11-13-18(14-12-15)27(25)20(23)19(17-9-7-6-8-10-17)16(2)21(24)26-22(3,4)5/h6-14,16,19-20H,1-5H3/t16-,19+,20-,27?/m1/s1. The smallest absolute Gasteiger partial charge is 0.309 e. The van der Waals surface area contributed by atoms with Crippen molar-refractivity contribution in [2.45, 2.75) is 55.7 Å². The third kappa shape index (κ3) is 5.91. The summed E-state index contributed by atoms with van der Waals surface area (Å²) in [5, 5.41) is 0. The van der Waals surface area contributed by atoms with Crippen LogP contribution in [-0.2, 0) is 20.3 Å². The minimum absolute atomic E-state index is 0.345. The quantitative estimate of drug-likeness (QED) is 0.474. The Morgan fingerprint density at radius 3 is 2.11 bits per heavy atom. The molecule has 0 amide bonds. The highest BCUT2D eigenvalue weighted by atomic mass is 35.5. The maximum Gasteiger partial charge on any atom is 0.309 e. The summed E-state index contributed by atoms with van der Waals surface area (Å²) in [5.74, 6) is -1.32. The van der Waals surface area contributed by atoms with E-state index in [4.69, 9.17) is 16.3 Å². The van der Waals surface area contributed by atoms with Crippen molar-refractivity contribution in [3.05, 3.63) is 65.7 Å². The summed E-state index contributed by atoms with van der Waals surface area (Å²) >= 11 is 6.71. The number of ether oxygens (including phenoxy) is 1. The van der Waals surface area contributed by atoms with Crippen molar-refractivity contribution in [2.75, 3.05) is 0 Å². The van der Waals surface area contributed by atoms with Crippen molar-refractivity contribution in [3.8, 4) is 0 Å². The first kappa shape index (κ1) is 21.6. The van der Waals surface area contributed by atoms with Crippen molar-refractivity contribution in [1.29, 1.82) is 0 Å². The van der Waals surface area contributed by atoms with Crippen LogP contribution in [0.4, 0.5) is 0 Å². The van der Waals surface area contributed by atoms with Gasteiger partial charge in [-0.15, -0.1) is 11.6 Å². The molecule has 0 N–H and O–H groups in total. The van der Waals surface area contributed by atoms with Gasteiger partial charge in [0.25, 0.3) is 0 Å². The van der Waals surface area contributed by atoms with Crippen LogP contribution < -0.4 is 0 Å². The Bertz CT molecular complexity index is 781. The van der Waals surface area contributed by atoms with Crippen LogP contribution in [0.15, 0.2) is 59.5 Å². The van der Waals surface area contributed by atoms with Crippen molar-refractivity contribution in [2.24, 2.45) is 5.92 Å². The molecule has 0 saturated carbocycles. The lowest BCUT2D eigenvalue weighted by Gasteiger charge is -2.29. The number of halogens is 1. The van der Waals surface area contributed by atoms with Gasteiger partial charge in [0.2, 0.25) is 0 Å². The number of esters is 1. The van der Waals surface area contributed by atoms with Crippen LogP contribution in [0.2, 0.25) is 0 Å². The zero-order valence-corrected chi connectivity index (χ0v) is 18.0. The Kier molecular flexibility index (Phi) is 7.24. The fourth-order valence-corrected chi connectivity index (χ4v) is 4.81. The maximum atomic E-state index is 13.1. The first-order valence-electron chi connectivity index (χ1n) is 8.99. The van der Waals surface area contributed by atoms with Gasteiger partial charge in [-0.2, -0.15) is 0 Å². The molecule has 0 aliphatic carbocycles. The van der Waals surface area contributed by atoms with Crippen LogP contribution in [0.1, 0.15) is 44.7 Å². The molecule has 4 atom stereocenters. The highest BCUT2D eigenvalue weighted by Gasteiger charge is 2.37. The van der Waals surface area contributed by atoms with Gasteiger partial charge in [0.15, 0.2) is 0 Å². The molecule has 2 aromatic rings. The summed E-state index contributed by atoms with van der Waals surface area (Å²) in [6.07, 6.45) is 0. The summed E-state index contributed by atoms with van der Waals surface area (Å²) in [5.41, 5.74) is 1.37. The predicted octanol–water partition coefficient (Wildman–Crippen LogP) is 5.43. The summed E-state index contributed by atoms with van der Waals surface area (Å²) in [7, 11) is -1.47. The molecule has 3 nitrogen and oxygen atoms in total. The SMILES string of the molecule is Cc1ccc(S(=O)[C@@H](Cl)[C@H](c2ccccc2)[C@@H](C)C(=O)OC(C)(C)C)cc1. The lowest BCUT2D eigenvalue weighted by Crippen LogP contribution is -2.34. The molecule has 2 rings (SSSR count). The van der Waals surface area contributed by atoms with E-state index in [1.165, 1.54) is 0 Å². The van der Waals surface area contributed by atoms with Gasteiger partial charge in [0.05, 0.1) is 16.7 Å². The molecule has 1 unspecified atom stereocenters. The monoisotopic (exact) mass is 406 g/mol. The Morgan fingerprint density at radius 2 is 1.59 bits per heavy atom. The molecule has 0 aliphatic heterocycles. The number of benzene rings is 2. The first-order chi connectivity index (χ1) is 12.6. The summed E-state index contributed by atoms with van der Waals surface area (Å²) in [4.78, 5) is 13.4. The Hall–Kier alpha value is -1.65. The zero-order valence-electron chi connectivity index (χ0n) is 16.4. The summed E-state index contributed by atoms with van der Waals surface area (Å²) in [6, 6.07) is 17.0. The van der Waals surface area contributed by atoms with Crippen LogP contribution in [0.5, 0.6) is 0 Å². The number of hydrogen-bond donors (Lipinski definition) is 0. The molecule has 5 heteroatoms. The van der Waals surface area contributed by atoms with Crippen LogP contribution in [0.3, 0.4) is 0 Å². The fourth-order valence-electron chi connectivity index (χ4n) is 2.82. The molecular formula is C22H27ClO3S. The molecule has 0 bridgehead atoms. The molecule has 0 heterocycles. The highest BCUT2D eigenvalue weighted by Crippen LogP contribution is 2.36. The van der Waals surface area contributed by atoms with Gasteiger partial charge in [-0.3, -0.25) is 9.00 Å². The Morgan fingerprint density at radius 1 is 1.04 bits per heavy atom. The minimum atomic E-state index is -1.47. The van der Waals surface area contributed by atoms with Gasteiger partial charge >= 0.3 is 5.97 Å². The van der Waals surface area contributed by atoms with E-state index < -0.39 is 32.9 Å². The van der Waals surface area contributed by atoms with Crippen molar-refractivity contribution < 1.29 is 13.7 Å². The molecule has 0 aliphatic rings. The number of carbonyl (C=O) groups is 1. The lowest BCUT2D eigenvalue weighted by molar-refractivity contribution is -0.160. The Labute approximate surface area is 169 Å². The average molecular weight is 407 g/mol. The second-order valence-corrected chi connectivity index (χ2v) is 10.0. The molecule has 146 valence electrons. The predicted molar refractivity (Wildman–Crippen MR) is 111 cm³/mol. The van der Waals surface area contributed by atoms with E-state index in [2.05, 4.69) is 0 Å². The molecule has 27 heavy (non-hydrogen) atoms. The van der Waals surface area contributed by atoms with Gasteiger partial charge in [0.1, 0.15) is 10.3 Å². The van der Waals surface area contributed by atoms with Gasteiger partial charge in [-0.25, -0.2) is 0 Å². The molecular weight excluding hydrogens is 380 g/mol. The van der Waals surface area contributed by atoms with E-state index in [1.54, 1.807) is 6.92 Å². The third-order valence-electron chi connectivity index (χ3n) is 4.24. The van der Waals surface area contributed by atoms with Crippen molar-refractivity contribution in [3.63, 3.8) is 0 Å². The van der Waals surface area contributed by atoms with Crippen molar-refractivity contribution in [1.82, 2.24) is 0 Å². The van der Waals surface area contributed by atoms with Crippen LogP contribution in [0.25, 0.3) is 0 Å². The van der Waals surface area contributed by atoms with Gasteiger partial charge < -0.3 is 4.74 Å². The highest BCUT2D eigenvalue weighted by molar-refractivity contribution is 7.87. The second-order valence-electron chi connectivity index (χ2n) is 7.72. The van der Waals surface area contributed by atoms with E-state index in [1.807, 2.05) is 82.3 Å². The number of hydrogen-bond acceptors (Lipinski definition) is 3. The molecule has 2 aromatic carbocycles. The lowest BCUT2D eigenvalue weighted by atomic mass is 9.88. The number of alkyl halides is 1. The van der Waals surface area contributed by atoms with E-state index >= 15 is 0 Å². The fraction of sp³-hybridized carbons (Fsp3) is 0.409. The van der Waals surface area contributed by atoms with E-state index in [0.29, 0.717) is 4.90 Å². The van der Waals surface area contributed by atoms with Gasteiger partial charge in [-0.1, -0.05) is 55.0 Å². The molecule has 0 fully saturated rings. The third-order valence-corrected chi connectivity index (χ3v) is 6.44. The topological polar surface area (TPSA) is 43.4 Å². The van der Waals surface area contributed by atoms with E-state index in [9.17, 15) is 9.00 Å². The van der Waals surface area contributed by atoms with Gasteiger partial charge in [-0.05, 0) is 45.4 Å². The normalized spacial score (nSPS) is 16.2. The van der Waals surface area contributed by atoms with Crippen molar-refractivity contribution >= 4 is 28.4 Å². The number of rotatable bonds is 6. The average Bonchev–Trinajstić information content (AvgIpc) is 2.61. The minimum Gasteiger partial charge on any atom is -0.460 e. The zero-order chi connectivity index (χ0) is 20.2. The summed E-state index contributed by atoms with van der Waals surface area (Å²) in [6.45, 7) is 9.25. The molecule has 0 spiro atoms. The van der Waals surface area contributed by atoms with Crippen LogP contribution in [-0.4, -0.2) is 20.5 Å². The molecule has 0 radical (unpaired) electrons. The van der Waals surface area contributed by atoms with E-state index in [0.717, 1.165) is 11.1 Å². The number of aryl methyl sites for hydroxylation is 1. The van der Waals surface area contributed by atoms with Gasteiger partial charge in [0, 0.05) is 10.8 Å². The maximum absolute atomic E-state index is 13.1. The van der Waals surface area contributed by atoms with E-state index in [-0.39, 0.29) is 5.97 Å². The van der Waals surface area contributed by atoms with Crippen LogP contribution >= 0.6 is 11.6 Å². The largest absolute Gasteiger partial charge is 0.460 e. The summed E-state index contributed by atoms with van der Waals surface area (Å²) < 4.78 is 17.9. The molecule has 0 saturated heterocycles. The first-order valence-corrected chi connectivity index (χ1v) is 10.6. The second kappa shape index (κ2) is 9.03.